The van der Waals surface area contributed by atoms with Crippen LogP contribution in [0.4, 0.5) is 4.39 Å². The van der Waals surface area contributed by atoms with Crippen LogP contribution in [0.15, 0.2) is 40.2 Å². The molecule has 1 amide bonds. The summed E-state index contributed by atoms with van der Waals surface area (Å²) in [7, 11) is 0. The summed E-state index contributed by atoms with van der Waals surface area (Å²) < 4.78 is 29.6. The normalized spacial score (nSPS) is 14.6. The van der Waals surface area contributed by atoms with E-state index in [9.17, 15) is 18.8 Å². The molecule has 0 unspecified atom stereocenters. The van der Waals surface area contributed by atoms with E-state index in [1.807, 2.05) is 13.8 Å². The maximum atomic E-state index is 14.7. The van der Waals surface area contributed by atoms with Gasteiger partial charge in [0, 0.05) is 17.2 Å². The summed E-state index contributed by atoms with van der Waals surface area (Å²) in [5, 5.41) is 12.3. The Bertz CT molecular complexity index is 1790. The van der Waals surface area contributed by atoms with E-state index in [2.05, 4.69) is 22.4 Å². The van der Waals surface area contributed by atoms with E-state index in [1.165, 1.54) is 45.2 Å². The second kappa shape index (κ2) is 13.3. The molecule has 4 aromatic rings. The van der Waals surface area contributed by atoms with Gasteiger partial charge in [0.1, 0.15) is 33.0 Å². The fourth-order valence-corrected chi connectivity index (χ4v) is 6.67. The van der Waals surface area contributed by atoms with E-state index >= 15 is 0 Å². The van der Waals surface area contributed by atoms with Gasteiger partial charge in [-0.15, -0.1) is 4.80 Å². The molecule has 3 aromatic heterocycles. The van der Waals surface area contributed by atoms with Crippen molar-refractivity contribution < 1.29 is 18.7 Å². The van der Waals surface area contributed by atoms with Crippen LogP contribution in [-0.4, -0.2) is 48.8 Å². The smallest absolute Gasteiger partial charge is 0.333 e. The zero-order valence-electron chi connectivity index (χ0n) is 26.6. The first kappa shape index (κ1) is 32.6. The van der Waals surface area contributed by atoms with Gasteiger partial charge in [-0.25, -0.2) is 13.8 Å². The van der Waals surface area contributed by atoms with Gasteiger partial charge in [-0.1, -0.05) is 24.7 Å². The van der Waals surface area contributed by atoms with Crippen LogP contribution in [0.3, 0.4) is 0 Å². The Morgan fingerprint density at radius 3 is 2.53 bits per heavy atom. The van der Waals surface area contributed by atoms with Crippen molar-refractivity contribution in [3.63, 3.8) is 0 Å². The molecular weight excluding hydrogens is 599 g/mol. The van der Waals surface area contributed by atoms with Crippen LogP contribution < -0.4 is 21.3 Å². The number of aryl methyl sites for hydroxylation is 1. The molecule has 1 aliphatic carbocycles. The Hall–Kier alpha value is -3.84. The number of hydrogen-bond donors (Lipinski definition) is 1. The summed E-state index contributed by atoms with van der Waals surface area (Å²) in [5.41, 5.74) is -1.75. The van der Waals surface area contributed by atoms with Gasteiger partial charge >= 0.3 is 5.69 Å². The van der Waals surface area contributed by atoms with Crippen LogP contribution in [0.2, 0.25) is 0 Å². The van der Waals surface area contributed by atoms with E-state index in [4.69, 9.17) is 9.47 Å². The first-order valence-corrected chi connectivity index (χ1v) is 16.3. The highest BCUT2D eigenvalue weighted by Gasteiger charge is 2.38. The Morgan fingerprint density at radius 1 is 1.20 bits per heavy atom. The van der Waals surface area contributed by atoms with Crippen LogP contribution in [0.25, 0.3) is 15.2 Å². The van der Waals surface area contributed by atoms with Gasteiger partial charge in [-0.3, -0.25) is 14.2 Å². The molecular formula is C32H41FN6O5S. The molecule has 3 heterocycles. The first-order valence-electron chi connectivity index (χ1n) is 15.5. The number of carbonyl (C=O) groups is 1. The molecule has 1 fully saturated rings. The number of amides is 1. The Balaban J connectivity index is 1.72. The standard InChI is InChI=1S/C32H41FN6O5S/c1-7-8-16-43-24-13-12-21(33)17-23(24)25(44-19(2)3)18-37-29-26(20(4)28(45-29)39-34-14-15-35-39)27(40)38(31(37)42)32(5,6)30(41)36-22-10-9-11-22/h12-15,17,19,22,25H,7-11,16,18H2,1-6H3,(H,36,41)/t25-/m0/s1. The third-order valence-electron chi connectivity index (χ3n) is 8.20. The largest absolute Gasteiger partial charge is 0.493 e. The lowest BCUT2D eigenvalue weighted by atomic mass is 9.91. The summed E-state index contributed by atoms with van der Waals surface area (Å²) in [4.78, 5) is 44.1. The number of nitrogens with zero attached hydrogens (tertiary/aromatic N) is 5. The molecule has 5 rings (SSSR count). The van der Waals surface area contributed by atoms with Gasteiger partial charge < -0.3 is 14.8 Å². The molecule has 0 saturated heterocycles. The number of benzene rings is 1. The molecule has 1 saturated carbocycles. The third kappa shape index (κ3) is 6.46. The fourth-order valence-electron chi connectivity index (χ4n) is 5.45. The molecule has 1 aromatic carbocycles. The van der Waals surface area contributed by atoms with Crippen molar-refractivity contribution in [2.75, 3.05) is 6.61 Å². The average molecular weight is 641 g/mol. The number of unbranched alkanes of at least 4 members (excludes halogenated alkanes) is 1. The number of nitrogens with one attached hydrogen (secondary N) is 1. The van der Waals surface area contributed by atoms with Crippen molar-refractivity contribution in [2.45, 2.75) is 104 Å². The molecule has 1 aliphatic rings. The number of fused-ring (bicyclic) bond motifs is 1. The predicted octanol–water partition coefficient (Wildman–Crippen LogP) is 5.00. The highest BCUT2D eigenvalue weighted by atomic mass is 32.1. The Labute approximate surface area is 265 Å². The number of aromatic nitrogens is 5. The molecule has 13 heteroatoms. The lowest BCUT2D eigenvalue weighted by molar-refractivity contribution is -0.130. The lowest BCUT2D eigenvalue weighted by Gasteiger charge is -2.33. The minimum Gasteiger partial charge on any atom is -0.493 e. The van der Waals surface area contributed by atoms with Crippen LogP contribution in [0.1, 0.15) is 84.0 Å². The number of thiophene rings is 1. The zero-order valence-corrected chi connectivity index (χ0v) is 27.4. The summed E-state index contributed by atoms with van der Waals surface area (Å²) in [5.74, 6) is -0.427. The third-order valence-corrected chi connectivity index (χ3v) is 9.48. The topological polar surface area (TPSA) is 122 Å². The van der Waals surface area contributed by atoms with E-state index in [-0.39, 0.29) is 24.1 Å². The number of carbonyl (C=O) groups excluding carboxylic acids is 1. The zero-order chi connectivity index (χ0) is 32.5. The predicted molar refractivity (Wildman–Crippen MR) is 171 cm³/mol. The monoisotopic (exact) mass is 640 g/mol. The SMILES string of the molecule is CCCCOc1ccc(F)cc1[C@H](Cn1c(=O)n(C(C)(C)C(=O)NC2CCC2)c(=O)c2c(C)c(-n3nccn3)sc21)OC(C)C. The second-order valence-electron chi connectivity index (χ2n) is 12.3. The van der Waals surface area contributed by atoms with Crippen molar-refractivity contribution >= 4 is 27.5 Å². The van der Waals surface area contributed by atoms with Gasteiger partial charge in [-0.05, 0) is 78.5 Å². The Kier molecular flexibility index (Phi) is 9.59. The molecule has 0 radical (unpaired) electrons. The van der Waals surface area contributed by atoms with Crippen LogP contribution >= 0.6 is 11.3 Å². The summed E-state index contributed by atoms with van der Waals surface area (Å²) in [6, 6.07) is 4.28. The summed E-state index contributed by atoms with van der Waals surface area (Å²) in [6.45, 7) is 11.0. The van der Waals surface area contributed by atoms with Crippen LogP contribution in [0.5, 0.6) is 5.75 Å². The van der Waals surface area contributed by atoms with Gasteiger partial charge in [-0.2, -0.15) is 10.2 Å². The molecule has 242 valence electrons. The molecule has 11 nitrogen and oxygen atoms in total. The highest BCUT2D eigenvalue weighted by molar-refractivity contribution is 7.21. The number of ether oxygens (including phenoxy) is 2. The maximum absolute atomic E-state index is 14.7. The molecule has 0 aliphatic heterocycles. The molecule has 45 heavy (non-hydrogen) atoms. The maximum Gasteiger partial charge on any atom is 0.333 e. The number of hydrogen-bond acceptors (Lipinski definition) is 8. The second-order valence-corrected chi connectivity index (χ2v) is 13.3. The quantitative estimate of drug-likeness (QED) is 0.204. The van der Waals surface area contributed by atoms with Gasteiger partial charge in [0.2, 0.25) is 5.91 Å². The van der Waals surface area contributed by atoms with Crippen molar-refractivity contribution in [3.8, 4) is 10.8 Å². The summed E-state index contributed by atoms with van der Waals surface area (Å²) >= 11 is 1.19. The van der Waals surface area contributed by atoms with E-state index < -0.39 is 34.6 Å². The number of halogens is 1. The van der Waals surface area contributed by atoms with E-state index in [0.717, 1.165) is 36.7 Å². The van der Waals surface area contributed by atoms with Crippen LogP contribution in [0, 0.1) is 12.7 Å². The van der Waals surface area contributed by atoms with Gasteiger partial charge in [0.05, 0.1) is 37.0 Å². The minimum atomic E-state index is -1.51. The van der Waals surface area contributed by atoms with Gasteiger partial charge in [0.15, 0.2) is 0 Å². The van der Waals surface area contributed by atoms with Crippen molar-refractivity contribution in [1.29, 1.82) is 0 Å². The van der Waals surface area contributed by atoms with Gasteiger partial charge in [0.25, 0.3) is 5.56 Å². The lowest BCUT2D eigenvalue weighted by Crippen LogP contribution is -2.57. The van der Waals surface area contributed by atoms with Crippen molar-refractivity contribution in [3.05, 3.63) is 68.4 Å². The number of rotatable bonds is 13. The average Bonchev–Trinajstić information content (AvgIpc) is 3.61. The highest BCUT2D eigenvalue weighted by Crippen LogP contribution is 2.35. The van der Waals surface area contributed by atoms with E-state index in [0.29, 0.717) is 33.3 Å². The molecule has 1 atom stereocenters. The molecule has 0 spiro atoms. The Morgan fingerprint density at radius 2 is 1.91 bits per heavy atom. The molecule has 0 bridgehead atoms. The van der Waals surface area contributed by atoms with Crippen LogP contribution in [-0.2, 0) is 21.6 Å². The van der Waals surface area contributed by atoms with Crippen molar-refractivity contribution in [1.82, 2.24) is 29.4 Å². The summed E-state index contributed by atoms with van der Waals surface area (Å²) in [6.07, 6.45) is 6.40. The first-order chi connectivity index (χ1) is 21.4. The minimum absolute atomic E-state index is 0.0155. The van der Waals surface area contributed by atoms with Crippen molar-refractivity contribution in [2.24, 2.45) is 0 Å². The molecule has 1 N–H and O–H groups in total. The van der Waals surface area contributed by atoms with E-state index in [1.54, 1.807) is 26.8 Å². The fraction of sp³-hybridized carbons (Fsp3) is 0.531.